The molecule has 0 aliphatic heterocycles. The lowest BCUT2D eigenvalue weighted by Crippen LogP contribution is -2.07. The Kier molecular flexibility index (Phi) is 18.7. The van der Waals surface area contributed by atoms with E-state index in [0.29, 0.717) is 32.5 Å². The van der Waals surface area contributed by atoms with E-state index >= 15 is 0 Å². The molecule has 0 saturated carbocycles. The van der Waals surface area contributed by atoms with E-state index in [4.69, 9.17) is 18.9 Å². The molecule has 4 nitrogen and oxygen atoms in total. The molecular formula is C11H26O4. The Morgan fingerprint density at radius 2 is 1.40 bits per heavy atom. The van der Waals surface area contributed by atoms with Gasteiger partial charge in [0.2, 0.25) is 0 Å². The Labute approximate surface area is 93.8 Å². The first-order valence-electron chi connectivity index (χ1n) is 5.36. The van der Waals surface area contributed by atoms with E-state index in [0.717, 1.165) is 6.61 Å². The predicted molar refractivity (Wildman–Crippen MR) is 61.3 cm³/mol. The summed E-state index contributed by atoms with van der Waals surface area (Å²) < 4.78 is 19.6. The summed E-state index contributed by atoms with van der Waals surface area (Å²) in [6, 6.07) is 0. The molecule has 0 atom stereocenters. The monoisotopic (exact) mass is 222 g/mol. The minimum absolute atomic E-state index is 0.324. The van der Waals surface area contributed by atoms with Crippen molar-refractivity contribution >= 4 is 0 Å². The van der Waals surface area contributed by atoms with Crippen LogP contribution in [0.2, 0.25) is 0 Å². The highest BCUT2D eigenvalue weighted by Crippen LogP contribution is 1.85. The van der Waals surface area contributed by atoms with Gasteiger partial charge in [-0.15, -0.1) is 0 Å². The van der Waals surface area contributed by atoms with Crippen LogP contribution in [0.3, 0.4) is 0 Å². The second kappa shape index (κ2) is 16.3. The molecule has 0 N–H and O–H groups in total. The fourth-order valence-electron chi connectivity index (χ4n) is 0.654. The number of methoxy groups -OCH3 is 2. The van der Waals surface area contributed by atoms with Crippen LogP contribution >= 0.6 is 0 Å². The van der Waals surface area contributed by atoms with Crippen LogP contribution in [0.4, 0.5) is 0 Å². The minimum Gasteiger partial charge on any atom is -0.382 e. The van der Waals surface area contributed by atoms with Crippen molar-refractivity contribution in [1.82, 2.24) is 0 Å². The standard InChI is InChI=1S/C6H14O2.C5H12O2/c1-6(2)8-5-4-7-3;1-3-7-5-4-6-2/h6H,4-5H2,1-3H3;3-5H2,1-2H3. The Morgan fingerprint density at radius 1 is 0.867 bits per heavy atom. The van der Waals surface area contributed by atoms with E-state index < -0.39 is 0 Å². The third kappa shape index (κ3) is 24.8. The summed E-state index contributed by atoms with van der Waals surface area (Å²) in [6.45, 7) is 9.58. The van der Waals surface area contributed by atoms with E-state index in [1.165, 1.54) is 0 Å². The second-order valence-electron chi connectivity index (χ2n) is 3.10. The maximum atomic E-state index is 5.16. The first kappa shape index (κ1) is 17.2. The van der Waals surface area contributed by atoms with Crippen molar-refractivity contribution < 1.29 is 18.9 Å². The first-order valence-corrected chi connectivity index (χ1v) is 5.36. The number of ether oxygens (including phenoxy) is 4. The molecule has 15 heavy (non-hydrogen) atoms. The molecule has 0 aliphatic carbocycles. The molecule has 0 radical (unpaired) electrons. The molecule has 0 aliphatic rings. The van der Waals surface area contributed by atoms with Crippen LogP contribution < -0.4 is 0 Å². The first-order chi connectivity index (χ1) is 7.18. The highest BCUT2D eigenvalue weighted by Gasteiger charge is 1.89. The van der Waals surface area contributed by atoms with Gasteiger partial charge in [0.25, 0.3) is 0 Å². The maximum Gasteiger partial charge on any atom is 0.0703 e. The molecule has 0 fully saturated rings. The molecule has 0 aromatic heterocycles. The normalized spacial score (nSPS) is 10.0. The van der Waals surface area contributed by atoms with Crippen molar-refractivity contribution in [2.24, 2.45) is 0 Å². The van der Waals surface area contributed by atoms with Gasteiger partial charge in [0.05, 0.1) is 32.5 Å². The smallest absolute Gasteiger partial charge is 0.0703 e. The van der Waals surface area contributed by atoms with Crippen LogP contribution in [0.25, 0.3) is 0 Å². The van der Waals surface area contributed by atoms with E-state index in [1.54, 1.807) is 14.2 Å². The zero-order valence-corrected chi connectivity index (χ0v) is 10.7. The molecule has 0 aromatic rings. The summed E-state index contributed by atoms with van der Waals surface area (Å²) in [5.74, 6) is 0. The average Bonchev–Trinajstić information content (AvgIpc) is 2.20. The van der Waals surface area contributed by atoms with Crippen LogP contribution in [0.1, 0.15) is 20.8 Å². The van der Waals surface area contributed by atoms with Gasteiger partial charge in [0.1, 0.15) is 0 Å². The zero-order chi connectivity index (χ0) is 11.9. The van der Waals surface area contributed by atoms with Gasteiger partial charge < -0.3 is 18.9 Å². The van der Waals surface area contributed by atoms with Gasteiger partial charge in [0.15, 0.2) is 0 Å². The van der Waals surface area contributed by atoms with Crippen molar-refractivity contribution in [1.29, 1.82) is 0 Å². The lowest BCUT2D eigenvalue weighted by Gasteiger charge is -2.04. The van der Waals surface area contributed by atoms with Crippen molar-refractivity contribution in [2.75, 3.05) is 47.3 Å². The Morgan fingerprint density at radius 3 is 1.80 bits per heavy atom. The Bertz CT molecular complexity index is 92.6. The number of hydrogen-bond donors (Lipinski definition) is 0. The molecule has 94 valence electrons. The lowest BCUT2D eigenvalue weighted by molar-refractivity contribution is 0.0351. The molecule has 0 unspecified atom stereocenters. The molecule has 4 heteroatoms. The van der Waals surface area contributed by atoms with Crippen LogP contribution in [0.15, 0.2) is 0 Å². The summed E-state index contributed by atoms with van der Waals surface area (Å²) >= 11 is 0. The van der Waals surface area contributed by atoms with E-state index in [-0.39, 0.29) is 0 Å². The van der Waals surface area contributed by atoms with Crippen molar-refractivity contribution in [3.63, 3.8) is 0 Å². The molecule has 0 aromatic carbocycles. The van der Waals surface area contributed by atoms with Gasteiger partial charge in [-0.3, -0.25) is 0 Å². The van der Waals surface area contributed by atoms with Gasteiger partial charge in [-0.2, -0.15) is 0 Å². The summed E-state index contributed by atoms with van der Waals surface area (Å²) in [4.78, 5) is 0. The predicted octanol–water partition coefficient (Wildman–Crippen LogP) is 1.73. The topological polar surface area (TPSA) is 36.9 Å². The molecule has 0 saturated heterocycles. The fraction of sp³-hybridized carbons (Fsp3) is 1.00. The summed E-state index contributed by atoms with van der Waals surface area (Å²) in [5, 5.41) is 0. The van der Waals surface area contributed by atoms with Gasteiger partial charge in [-0.05, 0) is 20.8 Å². The van der Waals surface area contributed by atoms with Gasteiger partial charge in [-0.1, -0.05) is 0 Å². The third-order valence-corrected chi connectivity index (χ3v) is 1.37. The van der Waals surface area contributed by atoms with Crippen molar-refractivity contribution in [3.05, 3.63) is 0 Å². The van der Waals surface area contributed by atoms with E-state index in [9.17, 15) is 0 Å². The van der Waals surface area contributed by atoms with E-state index in [2.05, 4.69) is 0 Å². The molecule has 0 amide bonds. The minimum atomic E-state index is 0.324. The highest BCUT2D eigenvalue weighted by molar-refractivity contribution is 4.34. The molecular weight excluding hydrogens is 196 g/mol. The van der Waals surface area contributed by atoms with E-state index in [1.807, 2.05) is 20.8 Å². The SMILES string of the molecule is CCOCCOC.COCCOC(C)C. The summed E-state index contributed by atoms with van der Waals surface area (Å²) in [5.41, 5.74) is 0. The molecule has 0 spiro atoms. The second-order valence-corrected chi connectivity index (χ2v) is 3.10. The molecule has 0 rings (SSSR count). The Balaban J connectivity index is 0. The fourth-order valence-corrected chi connectivity index (χ4v) is 0.654. The van der Waals surface area contributed by atoms with Crippen LogP contribution in [-0.4, -0.2) is 53.4 Å². The number of rotatable bonds is 8. The van der Waals surface area contributed by atoms with Gasteiger partial charge in [-0.25, -0.2) is 0 Å². The zero-order valence-electron chi connectivity index (χ0n) is 10.7. The number of hydrogen-bond acceptors (Lipinski definition) is 4. The van der Waals surface area contributed by atoms with Crippen molar-refractivity contribution in [2.45, 2.75) is 26.9 Å². The summed E-state index contributed by atoms with van der Waals surface area (Å²) in [6.07, 6.45) is 0.324. The van der Waals surface area contributed by atoms with Gasteiger partial charge >= 0.3 is 0 Å². The van der Waals surface area contributed by atoms with Crippen LogP contribution in [-0.2, 0) is 18.9 Å². The lowest BCUT2D eigenvalue weighted by atomic mass is 10.5. The Hall–Kier alpha value is -0.160. The maximum absolute atomic E-state index is 5.16. The van der Waals surface area contributed by atoms with Gasteiger partial charge in [0, 0.05) is 20.8 Å². The molecule has 0 heterocycles. The van der Waals surface area contributed by atoms with Crippen molar-refractivity contribution in [3.8, 4) is 0 Å². The highest BCUT2D eigenvalue weighted by atomic mass is 16.5. The molecule has 0 bridgehead atoms. The third-order valence-electron chi connectivity index (χ3n) is 1.37. The quantitative estimate of drug-likeness (QED) is 0.586. The largest absolute Gasteiger partial charge is 0.382 e. The van der Waals surface area contributed by atoms with Crippen LogP contribution in [0, 0.1) is 0 Å². The van der Waals surface area contributed by atoms with Crippen LogP contribution in [0.5, 0.6) is 0 Å². The summed E-state index contributed by atoms with van der Waals surface area (Å²) in [7, 11) is 3.34. The average molecular weight is 222 g/mol.